The van der Waals surface area contributed by atoms with Crippen molar-refractivity contribution in [3.05, 3.63) is 60.0 Å². The van der Waals surface area contributed by atoms with Crippen LogP contribution in [0, 0.1) is 5.92 Å². The van der Waals surface area contributed by atoms with Crippen molar-refractivity contribution >= 4 is 28.0 Å². The summed E-state index contributed by atoms with van der Waals surface area (Å²) in [5.74, 6) is 1.62. The van der Waals surface area contributed by atoms with Crippen LogP contribution in [0.15, 0.2) is 48.8 Å². The largest absolute Gasteiger partial charge is 0.494 e. The Balaban J connectivity index is 1.42. The number of benzene rings is 1. The number of pyridine rings is 1. The molecule has 1 aromatic carbocycles. The van der Waals surface area contributed by atoms with Gasteiger partial charge in [-0.15, -0.1) is 0 Å². The number of piperidine rings is 1. The summed E-state index contributed by atoms with van der Waals surface area (Å²) in [6, 6.07) is 11.3. The number of aryl methyl sites for hydroxylation is 1. The van der Waals surface area contributed by atoms with Crippen LogP contribution in [0.5, 0.6) is 5.75 Å². The number of alkyl halides is 1. The highest BCUT2D eigenvalue weighted by atomic mass is 19.1. The average molecular weight is 557 g/mol. The highest BCUT2D eigenvalue weighted by Crippen LogP contribution is 2.38. The fourth-order valence-corrected chi connectivity index (χ4v) is 6.02. The third-order valence-electron chi connectivity index (χ3n) is 8.26. The predicted octanol–water partition coefficient (Wildman–Crippen LogP) is 3.76. The Hall–Kier alpha value is -4.25. The Bertz CT molecular complexity index is 1760. The van der Waals surface area contributed by atoms with Crippen LogP contribution in [-0.4, -0.2) is 72.1 Å². The minimum Gasteiger partial charge on any atom is -0.494 e. The molecule has 4 aromatic heterocycles. The van der Waals surface area contributed by atoms with Crippen LogP contribution < -0.4 is 10.5 Å². The number of likely N-dealkylation sites (tertiary alicyclic amines) is 1. The molecule has 1 aliphatic carbocycles. The second-order valence-corrected chi connectivity index (χ2v) is 11.3. The zero-order valence-corrected chi connectivity index (χ0v) is 23.2. The number of halogens is 1. The maximum absolute atomic E-state index is 14.3. The smallest absolute Gasteiger partial charge is 0.254 e. The van der Waals surface area contributed by atoms with Crippen molar-refractivity contribution in [3.63, 3.8) is 0 Å². The van der Waals surface area contributed by atoms with Crippen molar-refractivity contribution in [2.75, 3.05) is 20.2 Å². The maximum Gasteiger partial charge on any atom is 0.254 e. The Kier molecular flexibility index (Phi) is 6.26. The van der Waals surface area contributed by atoms with Crippen molar-refractivity contribution in [1.29, 1.82) is 0 Å². The number of methoxy groups -OCH3 is 1. The molecule has 10 nitrogen and oxygen atoms in total. The van der Waals surface area contributed by atoms with Gasteiger partial charge in [-0.3, -0.25) is 9.48 Å². The van der Waals surface area contributed by atoms with Crippen molar-refractivity contribution < 1.29 is 13.9 Å². The molecule has 2 atom stereocenters. The van der Waals surface area contributed by atoms with E-state index < -0.39 is 6.17 Å². The summed E-state index contributed by atoms with van der Waals surface area (Å²) in [6.07, 6.45) is 5.13. The molecule has 2 fully saturated rings. The molecule has 1 amide bonds. The lowest BCUT2D eigenvalue weighted by molar-refractivity contribution is 0.0606. The van der Waals surface area contributed by atoms with Gasteiger partial charge in [0.25, 0.3) is 5.91 Å². The lowest BCUT2D eigenvalue weighted by Gasteiger charge is -2.33. The molecule has 1 saturated carbocycles. The number of nitrogens with two attached hydrogens (primary N) is 1. The predicted molar refractivity (Wildman–Crippen MR) is 153 cm³/mol. The fraction of sp³-hybridized carbons (Fsp3) is 0.400. The molecule has 1 aliphatic heterocycles. The van der Waals surface area contributed by atoms with Gasteiger partial charge in [0.1, 0.15) is 23.1 Å². The molecule has 7 rings (SSSR count). The van der Waals surface area contributed by atoms with Gasteiger partial charge in [-0.25, -0.2) is 14.4 Å². The number of carbonyl (C=O) groups excluding carboxylic acids is 1. The van der Waals surface area contributed by atoms with Gasteiger partial charge in [0, 0.05) is 49.5 Å². The normalized spacial score (nSPS) is 19.4. The third-order valence-corrected chi connectivity index (χ3v) is 8.26. The van der Waals surface area contributed by atoms with E-state index in [9.17, 15) is 9.18 Å². The van der Waals surface area contributed by atoms with Gasteiger partial charge in [-0.1, -0.05) is 0 Å². The molecule has 0 radical (unpaired) electrons. The molecule has 2 N–H and O–H groups in total. The van der Waals surface area contributed by atoms with Gasteiger partial charge in [0.2, 0.25) is 0 Å². The number of ether oxygens (including phenoxy) is 1. The van der Waals surface area contributed by atoms with Gasteiger partial charge in [0.15, 0.2) is 5.82 Å². The SMILES string of the molecule is COc1cc(C(=O)N2C[C@H](N)C[C@@H](F)C2)cc2nc(-c3cc4cccnc4n3CC3CC3)n(Cc3ccnn3C)c12. The summed E-state index contributed by atoms with van der Waals surface area (Å²) >= 11 is 0. The van der Waals surface area contributed by atoms with Crippen LogP contribution in [0.4, 0.5) is 4.39 Å². The Morgan fingerprint density at radius 3 is 2.73 bits per heavy atom. The van der Waals surface area contributed by atoms with E-state index in [1.807, 2.05) is 30.1 Å². The number of imidazole rings is 1. The van der Waals surface area contributed by atoms with Gasteiger partial charge in [0.05, 0.1) is 37.1 Å². The highest BCUT2D eigenvalue weighted by Gasteiger charge is 2.31. The zero-order valence-electron chi connectivity index (χ0n) is 23.2. The number of hydrogen-bond donors (Lipinski definition) is 1. The molecule has 212 valence electrons. The van der Waals surface area contributed by atoms with Crippen LogP contribution in [-0.2, 0) is 20.1 Å². The van der Waals surface area contributed by atoms with Gasteiger partial charge in [-0.2, -0.15) is 5.10 Å². The van der Waals surface area contributed by atoms with Crippen LogP contribution in [0.1, 0.15) is 35.3 Å². The minimum absolute atomic E-state index is 0.0291. The first-order valence-corrected chi connectivity index (χ1v) is 14.1. The summed E-state index contributed by atoms with van der Waals surface area (Å²) < 4.78 is 26.4. The molecule has 1 saturated heterocycles. The van der Waals surface area contributed by atoms with E-state index in [0.717, 1.165) is 40.3 Å². The molecule has 0 unspecified atom stereocenters. The molecule has 5 heterocycles. The lowest BCUT2D eigenvalue weighted by atomic mass is 10.0. The van der Waals surface area contributed by atoms with Gasteiger partial charge < -0.3 is 24.5 Å². The van der Waals surface area contributed by atoms with Crippen molar-refractivity contribution in [2.45, 2.75) is 44.6 Å². The zero-order chi connectivity index (χ0) is 28.2. The van der Waals surface area contributed by atoms with Crippen LogP contribution in [0.2, 0.25) is 0 Å². The number of rotatable bonds is 7. The Labute approximate surface area is 236 Å². The first-order valence-electron chi connectivity index (χ1n) is 14.1. The standard InChI is InChI=1S/C30H33FN8O2/c1-36-23(7-9-34-36)17-39-27-24(10-20(12-26(27)41-2)30(40)37-15-21(31)13-22(32)16-37)35-29(39)25-11-19-4-3-8-33-28(19)38(25)14-18-5-6-18/h3-4,7-12,18,21-22H,5-6,13-17,32H2,1-2H3/t21-,22-/m1/s1. The molecular formula is C30H33FN8O2. The van der Waals surface area contributed by atoms with E-state index in [0.29, 0.717) is 35.8 Å². The topological polar surface area (TPSA) is 109 Å². The van der Waals surface area contributed by atoms with E-state index in [1.54, 1.807) is 25.4 Å². The van der Waals surface area contributed by atoms with Crippen molar-refractivity contribution in [2.24, 2.45) is 18.7 Å². The van der Waals surface area contributed by atoms with Crippen molar-refractivity contribution in [1.82, 2.24) is 33.8 Å². The van der Waals surface area contributed by atoms with E-state index in [2.05, 4.69) is 26.4 Å². The first-order chi connectivity index (χ1) is 19.9. The molecule has 41 heavy (non-hydrogen) atoms. The van der Waals surface area contributed by atoms with E-state index in [-0.39, 0.29) is 24.9 Å². The third kappa shape index (κ3) is 4.63. The van der Waals surface area contributed by atoms with Crippen LogP contribution >= 0.6 is 0 Å². The number of amides is 1. The Morgan fingerprint density at radius 1 is 1.15 bits per heavy atom. The van der Waals surface area contributed by atoms with E-state index >= 15 is 0 Å². The maximum atomic E-state index is 14.3. The number of hydrogen-bond acceptors (Lipinski definition) is 6. The van der Waals surface area contributed by atoms with Crippen LogP contribution in [0.3, 0.4) is 0 Å². The summed E-state index contributed by atoms with van der Waals surface area (Å²) in [5.41, 5.74) is 10.7. The molecule has 0 bridgehead atoms. The van der Waals surface area contributed by atoms with Gasteiger partial charge in [-0.05, 0) is 61.6 Å². The lowest BCUT2D eigenvalue weighted by Crippen LogP contribution is -2.50. The number of nitrogens with zero attached hydrogens (tertiary/aromatic N) is 7. The highest BCUT2D eigenvalue weighted by molar-refractivity contribution is 6.00. The summed E-state index contributed by atoms with van der Waals surface area (Å²) in [7, 11) is 3.50. The second-order valence-electron chi connectivity index (χ2n) is 11.3. The number of fused-ring (bicyclic) bond motifs is 2. The average Bonchev–Trinajstić information content (AvgIpc) is 3.42. The summed E-state index contributed by atoms with van der Waals surface area (Å²) in [5, 5.41) is 5.42. The molecule has 0 spiro atoms. The number of aromatic nitrogens is 6. The van der Waals surface area contributed by atoms with Crippen LogP contribution in [0.25, 0.3) is 33.6 Å². The summed E-state index contributed by atoms with van der Waals surface area (Å²) in [4.78, 5) is 24.9. The van der Waals surface area contributed by atoms with E-state index in [4.69, 9.17) is 20.4 Å². The van der Waals surface area contributed by atoms with E-state index in [1.165, 1.54) is 17.7 Å². The Morgan fingerprint density at radius 2 is 2.00 bits per heavy atom. The fourth-order valence-electron chi connectivity index (χ4n) is 6.02. The monoisotopic (exact) mass is 556 g/mol. The number of carbonyl (C=O) groups is 1. The first kappa shape index (κ1) is 25.7. The summed E-state index contributed by atoms with van der Waals surface area (Å²) in [6.45, 7) is 1.70. The molecule has 5 aromatic rings. The minimum atomic E-state index is -1.14. The molecule has 11 heteroatoms. The molecular weight excluding hydrogens is 523 g/mol. The van der Waals surface area contributed by atoms with Gasteiger partial charge >= 0.3 is 0 Å². The quantitative estimate of drug-likeness (QED) is 0.327. The molecule has 2 aliphatic rings. The van der Waals surface area contributed by atoms with Crippen molar-refractivity contribution in [3.8, 4) is 17.3 Å². The second kappa shape index (κ2) is 9.99.